The molecule has 0 aliphatic carbocycles. The summed E-state index contributed by atoms with van der Waals surface area (Å²) in [7, 11) is 7.62. The van der Waals surface area contributed by atoms with Crippen molar-refractivity contribution in [3.8, 4) is 0 Å². The molecule has 1 rings (SSSR count). The Morgan fingerprint density at radius 1 is 1.21 bits per heavy atom. The van der Waals surface area contributed by atoms with E-state index in [1.165, 1.54) is 4.90 Å². The third-order valence-corrected chi connectivity index (χ3v) is 3.06. The molecule has 1 heterocycles. The quantitative estimate of drug-likeness (QED) is 0.575. The summed E-state index contributed by atoms with van der Waals surface area (Å²) in [5.41, 5.74) is 0. The van der Waals surface area contributed by atoms with Gasteiger partial charge in [-0.25, -0.2) is 0 Å². The van der Waals surface area contributed by atoms with Crippen molar-refractivity contribution >= 4 is 5.96 Å². The maximum Gasteiger partial charge on any atom is 0.401 e. The van der Waals surface area contributed by atoms with Crippen LogP contribution in [0.1, 0.15) is 6.42 Å². The van der Waals surface area contributed by atoms with E-state index in [1.807, 2.05) is 38.0 Å². The Morgan fingerprint density at radius 2 is 1.79 bits per heavy atom. The number of rotatable bonds is 3. The zero-order chi connectivity index (χ0) is 14.6. The largest absolute Gasteiger partial charge is 0.401 e. The van der Waals surface area contributed by atoms with Gasteiger partial charge < -0.3 is 9.80 Å². The Labute approximate surface area is 112 Å². The highest BCUT2D eigenvalue weighted by atomic mass is 19.4. The number of hydrogen-bond donors (Lipinski definition) is 0. The zero-order valence-electron chi connectivity index (χ0n) is 12.0. The summed E-state index contributed by atoms with van der Waals surface area (Å²) in [6, 6.07) is 0. The van der Waals surface area contributed by atoms with Crippen LogP contribution in [0.15, 0.2) is 4.99 Å². The minimum Gasteiger partial charge on any atom is -0.349 e. The van der Waals surface area contributed by atoms with Gasteiger partial charge in [-0.1, -0.05) is 0 Å². The van der Waals surface area contributed by atoms with Crippen LogP contribution in [0.5, 0.6) is 0 Å². The number of aliphatic imine (C=N–C) groups is 1. The molecule has 0 aromatic carbocycles. The molecular formula is C12H23F3N4. The minimum atomic E-state index is -4.10. The average Bonchev–Trinajstić information content (AvgIpc) is 2.61. The molecule has 1 aliphatic heterocycles. The normalized spacial score (nSPS) is 20.5. The van der Waals surface area contributed by atoms with Crippen molar-refractivity contribution in [2.45, 2.75) is 12.6 Å². The molecule has 7 heteroatoms. The third kappa shape index (κ3) is 5.67. The van der Waals surface area contributed by atoms with Crippen molar-refractivity contribution in [3.05, 3.63) is 0 Å². The summed E-state index contributed by atoms with van der Waals surface area (Å²) in [6.45, 7) is 0.775. The van der Waals surface area contributed by atoms with E-state index >= 15 is 0 Å². The third-order valence-electron chi connectivity index (χ3n) is 3.06. The number of hydrogen-bond acceptors (Lipinski definition) is 2. The smallest absolute Gasteiger partial charge is 0.349 e. The fourth-order valence-electron chi connectivity index (χ4n) is 2.35. The van der Waals surface area contributed by atoms with Gasteiger partial charge in [-0.2, -0.15) is 13.2 Å². The fraction of sp³-hybridized carbons (Fsp3) is 0.917. The number of halogens is 3. The van der Waals surface area contributed by atoms with Gasteiger partial charge in [0.2, 0.25) is 0 Å². The van der Waals surface area contributed by atoms with Gasteiger partial charge in [-0.3, -0.25) is 9.89 Å². The van der Waals surface area contributed by atoms with Crippen LogP contribution in [-0.4, -0.2) is 81.2 Å². The summed E-state index contributed by atoms with van der Waals surface area (Å²) in [4.78, 5) is 9.77. The van der Waals surface area contributed by atoms with Crippen LogP contribution < -0.4 is 0 Å². The Kier molecular flexibility index (Phi) is 5.46. The summed E-state index contributed by atoms with van der Waals surface area (Å²) in [5, 5.41) is 0. The Hall–Kier alpha value is -0.980. The van der Waals surface area contributed by atoms with Gasteiger partial charge in [-0.05, 0) is 18.9 Å². The lowest BCUT2D eigenvalue weighted by molar-refractivity contribution is -0.143. The van der Waals surface area contributed by atoms with Crippen molar-refractivity contribution in [1.82, 2.24) is 14.7 Å². The average molecular weight is 280 g/mol. The molecule has 1 aliphatic rings. The molecule has 0 amide bonds. The monoisotopic (exact) mass is 280 g/mol. The molecule has 19 heavy (non-hydrogen) atoms. The van der Waals surface area contributed by atoms with Crippen molar-refractivity contribution in [3.63, 3.8) is 0 Å². The topological polar surface area (TPSA) is 22.1 Å². The minimum absolute atomic E-state index is 0.220. The van der Waals surface area contributed by atoms with E-state index < -0.39 is 12.7 Å². The van der Waals surface area contributed by atoms with Crippen LogP contribution in [0.25, 0.3) is 0 Å². The highest BCUT2D eigenvalue weighted by Crippen LogP contribution is 2.22. The van der Waals surface area contributed by atoms with E-state index in [4.69, 9.17) is 0 Å². The van der Waals surface area contributed by atoms with Crippen LogP contribution in [0, 0.1) is 5.92 Å². The molecule has 1 atom stereocenters. The molecule has 4 nitrogen and oxygen atoms in total. The summed E-state index contributed by atoms with van der Waals surface area (Å²) < 4.78 is 36.8. The van der Waals surface area contributed by atoms with E-state index in [9.17, 15) is 13.2 Å². The van der Waals surface area contributed by atoms with Crippen molar-refractivity contribution in [1.29, 1.82) is 0 Å². The molecule has 1 fully saturated rings. The molecule has 0 saturated carbocycles. The molecule has 112 valence electrons. The second-order valence-corrected chi connectivity index (χ2v) is 5.43. The number of nitrogens with zero attached hydrogens (tertiary/aromatic N) is 4. The Balaban J connectivity index is 2.46. The van der Waals surface area contributed by atoms with Gasteiger partial charge in [0.15, 0.2) is 5.96 Å². The fourth-order valence-corrected chi connectivity index (χ4v) is 2.35. The molecule has 1 unspecified atom stereocenters. The van der Waals surface area contributed by atoms with Crippen molar-refractivity contribution in [2.24, 2.45) is 10.9 Å². The maximum atomic E-state index is 12.3. The van der Waals surface area contributed by atoms with Gasteiger partial charge in [0.25, 0.3) is 0 Å². The van der Waals surface area contributed by atoms with E-state index in [1.54, 1.807) is 0 Å². The zero-order valence-corrected chi connectivity index (χ0v) is 12.0. The highest BCUT2D eigenvalue weighted by Gasteiger charge is 2.34. The molecule has 0 N–H and O–H groups in total. The summed E-state index contributed by atoms with van der Waals surface area (Å²) >= 11 is 0. The van der Waals surface area contributed by atoms with E-state index in [-0.39, 0.29) is 5.92 Å². The maximum absolute atomic E-state index is 12.3. The second-order valence-electron chi connectivity index (χ2n) is 5.43. The van der Waals surface area contributed by atoms with Crippen LogP contribution in [0.2, 0.25) is 0 Å². The summed E-state index contributed by atoms with van der Waals surface area (Å²) in [6.07, 6.45) is -3.32. The van der Waals surface area contributed by atoms with Crippen molar-refractivity contribution in [2.75, 3.05) is 54.4 Å². The summed E-state index contributed by atoms with van der Waals surface area (Å²) in [5.74, 6) is 1.06. The molecule has 0 spiro atoms. The number of guanidine groups is 1. The lowest BCUT2D eigenvalue weighted by Crippen LogP contribution is -2.36. The van der Waals surface area contributed by atoms with Gasteiger partial charge in [0.1, 0.15) is 0 Å². The van der Waals surface area contributed by atoms with Gasteiger partial charge in [-0.15, -0.1) is 0 Å². The molecule has 0 aromatic rings. The number of likely N-dealkylation sites (tertiary alicyclic amines) is 1. The lowest BCUT2D eigenvalue weighted by atomic mass is 10.1. The van der Waals surface area contributed by atoms with Crippen LogP contribution in [0.4, 0.5) is 13.2 Å². The van der Waals surface area contributed by atoms with E-state index in [0.717, 1.165) is 12.4 Å². The second kappa shape index (κ2) is 6.45. The number of alkyl halides is 3. The molecule has 0 bridgehead atoms. The first kappa shape index (κ1) is 16.1. The van der Waals surface area contributed by atoms with Crippen LogP contribution in [-0.2, 0) is 0 Å². The van der Waals surface area contributed by atoms with Gasteiger partial charge in [0.05, 0.1) is 6.54 Å². The molecule has 1 saturated heterocycles. The first-order valence-electron chi connectivity index (χ1n) is 6.37. The van der Waals surface area contributed by atoms with Gasteiger partial charge in [0, 0.05) is 41.3 Å². The molecule has 0 aromatic heterocycles. The first-order chi connectivity index (χ1) is 8.69. The Bertz CT molecular complexity index is 303. The lowest BCUT2D eigenvalue weighted by Gasteiger charge is -2.23. The molecular weight excluding hydrogens is 257 g/mol. The SMILES string of the molecule is CN(C)C(=NCC1CCN(CC(F)(F)F)C1)N(C)C. The highest BCUT2D eigenvalue weighted by molar-refractivity contribution is 5.79. The van der Waals surface area contributed by atoms with Gasteiger partial charge >= 0.3 is 6.18 Å². The predicted octanol–water partition coefficient (Wildman–Crippen LogP) is 1.35. The Morgan fingerprint density at radius 3 is 2.26 bits per heavy atom. The predicted molar refractivity (Wildman–Crippen MR) is 70.3 cm³/mol. The molecule has 0 radical (unpaired) electrons. The van der Waals surface area contributed by atoms with Crippen LogP contribution >= 0.6 is 0 Å². The standard InChI is InChI=1S/C12H23F3N4/c1-17(2)11(18(3)4)16-7-10-5-6-19(8-10)9-12(13,14)15/h10H,5-9H2,1-4H3. The van der Waals surface area contributed by atoms with E-state index in [2.05, 4.69) is 4.99 Å². The van der Waals surface area contributed by atoms with E-state index in [0.29, 0.717) is 19.6 Å². The van der Waals surface area contributed by atoms with Crippen molar-refractivity contribution < 1.29 is 13.2 Å². The van der Waals surface area contributed by atoms with Crippen LogP contribution in [0.3, 0.4) is 0 Å². The first-order valence-corrected chi connectivity index (χ1v) is 6.37.